The molecule has 3 heterocycles. The Labute approximate surface area is 132 Å². The Bertz CT molecular complexity index is 812. The van der Waals surface area contributed by atoms with E-state index in [0.29, 0.717) is 30.1 Å². The third-order valence-electron chi connectivity index (χ3n) is 4.28. The van der Waals surface area contributed by atoms with Crippen LogP contribution in [0.2, 0.25) is 0 Å². The van der Waals surface area contributed by atoms with Crippen molar-refractivity contribution in [3.8, 4) is 5.75 Å². The predicted octanol–water partition coefficient (Wildman–Crippen LogP) is 1.25. The molecular formula is C16H16N4O3. The number of nitrogens with zero attached hydrogens (tertiary/aromatic N) is 2. The van der Waals surface area contributed by atoms with E-state index in [-0.39, 0.29) is 18.4 Å². The number of fused-ring (bicyclic) bond motifs is 2. The van der Waals surface area contributed by atoms with Crippen LogP contribution in [0.3, 0.4) is 0 Å². The first-order valence-corrected chi connectivity index (χ1v) is 7.50. The van der Waals surface area contributed by atoms with Gasteiger partial charge in [-0.2, -0.15) is 5.10 Å². The summed E-state index contributed by atoms with van der Waals surface area (Å²) in [6.45, 7) is 3.15. The molecule has 2 amide bonds. The molecule has 0 atom stereocenters. The standard InChI is InChI=1S/C16H16N4O3/c1-9-11-7-20(5-4-12(11)19-18-9)16(22)10-2-3-13-14(6-10)23-8-15(21)17-13/h2-3,6H,4-5,7-8H2,1H3,(H,17,21)(H,18,19). The van der Waals surface area contributed by atoms with Crippen LogP contribution in [0.25, 0.3) is 0 Å². The molecule has 0 aliphatic carbocycles. The first-order chi connectivity index (χ1) is 11.1. The van der Waals surface area contributed by atoms with E-state index in [2.05, 4.69) is 15.5 Å². The molecule has 7 heteroatoms. The Balaban J connectivity index is 1.58. The van der Waals surface area contributed by atoms with Crippen molar-refractivity contribution in [2.75, 3.05) is 18.5 Å². The van der Waals surface area contributed by atoms with Crippen LogP contribution in [0.1, 0.15) is 27.3 Å². The van der Waals surface area contributed by atoms with E-state index in [1.807, 2.05) is 11.8 Å². The molecule has 1 aromatic heterocycles. The summed E-state index contributed by atoms with van der Waals surface area (Å²) in [5, 5.41) is 9.96. The zero-order valence-electron chi connectivity index (χ0n) is 12.7. The number of carbonyl (C=O) groups excluding carboxylic acids is 2. The van der Waals surface area contributed by atoms with E-state index in [1.54, 1.807) is 18.2 Å². The van der Waals surface area contributed by atoms with Crippen molar-refractivity contribution in [1.29, 1.82) is 0 Å². The van der Waals surface area contributed by atoms with Crippen molar-refractivity contribution >= 4 is 17.5 Å². The van der Waals surface area contributed by atoms with Gasteiger partial charge in [-0.25, -0.2) is 0 Å². The maximum Gasteiger partial charge on any atom is 0.262 e. The van der Waals surface area contributed by atoms with Gasteiger partial charge in [0.1, 0.15) is 5.75 Å². The molecule has 118 valence electrons. The molecule has 0 bridgehead atoms. The van der Waals surface area contributed by atoms with Gasteiger partial charge in [-0.15, -0.1) is 0 Å². The van der Waals surface area contributed by atoms with Gasteiger partial charge in [-0.05, 0) is 25.1 Å². The number of nitrogens with one attached hydrogen (secondary N) is 2. The van der Waals surface area contributed by atoms with E-state index >= 15 is 0 Å². The lowest BCUT2D eigenvalue weighted by atomic mass is 10.0. The molecule has 4 rings (SSSR count). The molecule has 0 unspecified atom stereocenters. The quantitative estimate of drug-likeness (QED) is 0.829. The molecule has 0 spiro atoms. The fourth-order valence-electron chi connectivity index (χ4n) is 2.99. The molecule has 2 aliphatic rings. The van der Waals surface area contributed by atoms with Gasteiger partial charge >= 0.3 is 0 Å². The second kappa shape index (κ2) is 5.12. The second-order valence-electron chi connectivity index (χ2n) is 5.80. The van der Waals surface area contributed by atoms with Gasteiger partial charge < -0.3 is 15.0 Å². The van der Waals surface area contributed by atoms with Crippen LogP contribution in [0.15, 0.2) is 18.2 Å². The van der Waals surface area contributed by atoms with Gasteiger partial charge in [-0.1, -0.05) is 0 Å². The summed E-state index contributed by atoms with van der Waals surface area (Å²) < 4.78 is 5.38. The van der Waals surface area contributed by atoms with Crippen LogP contribution in [0, 0.1) is 6.92 Å². The number of H-pyrrole nitrogens is 1. The summed E-state index contributed by atoms with van der Waals surface area (Å²) in [6.07, 6.45) is 0.753. The SMILES string of the molecule is Cc1[nH]nc2c1CN(C(=O)c1ccc3c(c1)OCC(=O)N3)CC2. The number of carbonyl (C=O) groups is 2. The summed E-state index contributed by atoms with van der Waals surface area (Å²) in [4.78, 5) is 25.9. The summed E-state index contributed by atoms with van der Waals surface area (Å²) in [5.74, 6) is 0.308. The molecule has 0 fully saturated rings. The van der Waals surface area contributed by atoms with Crippen molar-refractivity contribution in [3.63, 3.8) is 0 Å². The highest BCUT2D eigenvalue weighted by Crippen LogP contribution is 2.30. The minimum absolute atomic E-state index is 0.0219. The van der Waals surface area contributed by atoms with Crippen molar-refractivity contribution in [2.24, 2.45) is 0 Å². The van der Waals surface area contributed by atoms with E-state index in [1.165, 1.54) is 0 Å². The average Bonchev–Trinajstić information content (AvgIpc) is 2.94. The number of rotatable bonds is 1. The molecule has 2 aromatic rings. The van der Waals surface area contributed by atoms with Crippen LogP contribution in [0.5, 0.6) is 5.75 Å². The third-order valence-corrected chi connectivity index (χ3v) is 4.28. The zero-order chi connectivity index (χ0) is 16.0. The average molecular weight is 312 g/mol. The third kappa shape index (κ3) is 2.34. The Hall–Kier alpha value is -2.83. The Kier molecular flexibility index (Phi) is 3.07. The minimum Gasteiger partial charge on any atom is -0.482 e. The summed E-state index contributed by atoms with van der Waals surface area (Å²) in [5.41, 5.74) is 4.32. The van der Waals surface area contributed by atoms with Gasteiger partial charge in [0.05, 0.1) is 11.4 Å². The predicted molar refractivity (Wildman–Crippen MR) is 82.3 cm³/mol. The van der Waals surface area contributed by atoms with Crippen molar-refractivity contribution in [1.82, 2.24) is 15.1 Å². The molecule has 2 aliphatic heterocycles. The van der Waals surface area contributed by atoms with Crippen molar-refractivity contribution in [3.05, 3.63) is 40.7 Å². The maximum absolute atomic E-state index is 12.7. The molecular weight excluding hydrogens is 296 g/mol. The van der Waals surface area contributed by atoms with E-state index in [4.69, 9.17) is 4.74 Å². The lowest BCUT2D eigenvalue weighted by Gasteiger charge is -2.27. The number of hydrogen-bond acceptors (Lipinski definition) is 4. The highest BCUT2D eigenvalue weighted by molar-refractivity contribution is 5.99. The highest BCUT2D eigenvalue weighted by atomic mass is 16.5. The molecule has 0 saturated heterocycles. The Morgan fingerprint density at radius 1 is 1.39 bits per heavy atom. The normalized spacial score (nSPS) is 16.2. The first kappa shape index (κ1) is 13.8. The van der Waals surface area contributed by atoms with Crippen molar-refractivity contribution in [2.45, 2.75) is 19.9 Å². The first-order valence-electron chi connectivity index (χ1n) is 7.50. The van der Waals surface area contributed by atoms with Crippen LogP contribution in [0.4, 0.5) is 5.69 Å². The Morgan fingerprint density at radius 2 is 2.26 bits per heavy atom. The van der Waals surface area contributed by atoms with Gasteiger partial charge in [-0.3, -0.25) is 14.7 Å². The fraction of sp³-hybridized carbons (Fsp3) is 0.312. The molecule has 2 N–H and O–H groups in total. The number of ether oxygens (including phenoxy) is 1. The number of benzene rings is 1. The van der Waals surface area contributed by atoms with Crippen LogP contribution < -0.4 is 10.1 Å². The second-order valence-corrected chi connectivity index (χ2v) is 5.80. The van der Waals surface area contributed by atoms with Gasteiger partial charge in [0, 0.05) is 36.3 Å². The lowest BCUT2D eigenvalue weighted by Crippen LogP contribution is -2.36. The van der Waals surface area contributed by atoms with Gasteiger partial charge in [0.2, 0.25) is 0 Å². The molecule has 1 aromatic carbocycles. The monoisotopic (exact) mass is 312 g/mol. The zero-order valence-corrected chi connectivity index (χ0v) is 12.7. The summed E-state index contributed by atoms with van der Waals surface area (Å²) in [6, 6.07) is 5.11. The molecule has 23 heavy (non-hydrogen) atoms. The van der Waals surface area contributed by atoms with E-state index in [9.17, 15) is 9.59 Å². The minimum atomic E-state index is -0.185. The molecule has 0 radical (unpaired) electrons. The van der Waals surface area contributed by atoms with Crippen LogP contribution in [-0.4, -0.2) is 40.1 Å². The van der Waals surface area contributed by atoms with Crippen LogP contribution in [-0.2, 0) is 17.8 Å². The smallest absolute Gasteiger partial charge is 0.262 e. The van der Waals surface area contributed by atoms with Gasteiger partial charge in [0.25, 0.3) is 11.8 Å². The Morgan fingerprint density at radius 3 is 3.13 bits per heavy atom. The van der Waals surface area contributed by atoms with Gasteiger partial charge in [0.15, 0.2) is 6.61 Å². The van der Waals surface area contributed by atoms with E-state index in [0.717, 1.165) is 23.4 Å². The number of aromatic nitrogens is 2. The topological polar surface area (TPSA) is 87.3 Å². The van der Waals surface area contributed by atoms with E-state index < -0.39 is 0 Å². The van der Waals surface area contributed by atoms with Crippen LogP contribution >= 0.6 is 0 Å². The number of amides is 2. The number of anilines is 1. The number of aromatic amines is 1. The van der Waals surface area contributed by atoms with Crippen molar-refractivity contribution < 1.29 is 14.3 Å². The molecule has 7 nitrogen and oxygen atoms in total. The highest BCUT2D eigenvalue weighted by Gasteiger charge is 2.26. The molecule has 0 saturated carbocycles. The fourth-order valence-corrected chi connectivity index (χ4v) is 2.99. The largest absolute Gasteiger partial charge is 0.482 e. The summed E-state index contributed by atoms with van der Waals surface area (Å²) >= 11 is 0. The maximum atomic E-state index is 12.7. The lowest BCUT2D eigenvalue weighted by molar-refractivity contribution is -0.118. The summed E-state index contributed by atoms with van der Waals surface area (Å²) in [7, 11) is 0. The number of aryl methyl sites for hydroxylation is 1. The number of hydrogen-bond donors (Lipinski definition) is 2.